The molecule has 0 heterocycles. The molecule has 0 aliphatic heterocycles. The number of alkyl halides is 3. The van der Waals surface area contributed by atoms with E-state index in [2.05, 4.69) is 9.13 Å². The molecular weight excluding hydrogens is 259 g/mol. The lowest BCUT2D eigenvalue weighted by atomic mass is 10.3. The van der Waals surface area contributed by atoms with Crippen molar-refractivity contribution in [1.82, 2.24) is 0 Å². The first kappa shape index (κ1) is 16.1. The first-order valence-electron chi connectivity index (χ1n) is 4.75. The monoisotopic (exact) mass is 273 g/mol. The Morgan fingerprint density at radius 1 is 1.29 bits per heavy atom. The van der Waals surface area contributed by atoms with Crippen LogP contribution in [0.3, 0.4) is 0 Å². The van der Waals surface area contributed by atoms with Gasteiger partial charge in [-0.1, -0.05) is 0 Å². The number of nitrogens with zero attached hydrogens (tertiary/aromatic N) is 1. The molecule has 0 unspecified atom stereocenters. The van der Waals surface area contributed by atoms with Gasteiger partial charge in [0.15, 0.2) is 0 Å². The fourth-order valence-corrected chi connectivity index (χ4v) is 1.24. The Labute approximate surface area is 99.8 Å². The first-order valence-corrected chi connectivity index (χ1v) is 5.85. The van der Waals surface area contributed by atoms with Crippen LogP contribution >= 0.6 is 0 Å². The van der Waals surface area contributed by atoms with Gasteiger partial charge in [0.25, 0.3) is 0 Å². The van der Waals surface area contributed by atoms with Crippen LogP contribution in [0.25, 0.3) is 0 Å². The van der Waals surface area contributed by atoms with Crippen LogP contribution < -0.4 is 0 Å². The third-order valence-corrected chi connectivity index (χ3v) is 2.83. The van der Waals surface area contributed by atoms with Crippen molar-refractivity contribution in [3.8, 4) is 0 Å². The molecule has 0 aliphatic rings. The molecule has 0 amide bonds. The molecule has 0 aromatic heterocycles. The van der Waals surface area contributed by atoms with E-state index in [1.54, 1.807) is 0 Å². The summed E-state index contributed by atoms with van der Waals surface area (Å²) in [5, 5.41) is 0. The van der Waals surface area contributed by atoms with Crippen molar-refractivity contribution >= 4 is 22.7 Å². The van der Waals surface area contributed by atoms with Crippen molar-refractivity contribution in [1.29, 1.82) is 0 Å². The van der Waals surface area contributed by atoms with Gasteiger partial charge in [0.1, 0.15) is 11.0 Å². The van der Waals surface area contributed by atoms with Crippen LogP contribution in [-0.2, 0) is 20.5 Å². The van der Waals surface area contributed by atoms with Gasteiger partial charge in [-0.3, -0.25) is 0 Å². The molecule has 0 aliphatic carbocycles. The number of hydrogen-bond acceptors (Lipinski definition) is 3. The van der Waals surface area contributed by atoms with Gasteiger partial charge in [0, 0.05) is 0 Å². The van der Waals surface area contributed by atoms with Gasteiger partial charge in [-0.2, -0.15) is 17.6 Å². The standard InChI is InChI=1S/C9H14F3NO3S/c1-5-16-7(14)6(9(10,11)12)13-17(15)8(2,3)4/h5H2,1-4H3/b13-6+/t17-/m0/s1. The van der Waals surface area contributed by atoms with E-state index in [1.165, 1.54) is 27.7 Å². The summed E-state index contributed by atoms with van der Waals surface area (Å²) >= 11 is 0. The average molecular weight is 273 g/mol. The van der Waals surface area contributed by atoms with E-state index in [0.717, 1.165) is 0 Å². The van der Waals surface area contributed by atoms with Gasteiger partial charge in [0.05, 0.1) is 11.4 Å². The summed E-state index contributed by atoms with van der Waals surface area (Å²) in [5.41, 5.74) is -1.77. The van der Waals surface area contributed by atoms with E-state index in [-0.39, 0.29) is 6.61 Å². The molecule has 17 heavy (non-hydrogen) atoms. The zero-order valence-corrected chi connectivity index (χ0v) is 10.7. The summed E-state index contributed by atoms with van der Waals surface area (Å²) in [4.78, 5) is 11.0. The number of rotatable bonds is 3. The molecule has 0 aromatic rings. The van der Waals surface area contributed by atoms with E-state index in [9.17, 15) is 22.2 Å². The van der Waals surface area contributed by atoms with Gasteiger partial charge in [-0.05, 0) is 27.7 Å². The summed E-state index contributed by atoms with van der Waals surface area (Å²) in [7, 11) is -2.17. The minimum atomic E-state index is -4.98. The quantitative estimate of drug-likeness (QED) is 0.584. The van der Waals surface area contributed by atoms with E-state index in [0.29, 0.717) is 0 Å². The maximum atomic E-state index is 12.5. The number of carbonyl (C=O) groups excluding carboxylic acids is 1. The lowest BCUT2D eigenvalue weighted by Crippen LogP contribution is -2.34. The zero-order chi connectivity index (χ0) is 13.9. The fourth-order valence-electron chi connectivity index (χ4n) is 0.624. The molecule has 0 bridgehead atoms. The minimum Gasteiger partial charge on any atom is -0.461 e. The molecular formula is C9H14F3NO3S. The second-order valence-electron chi connectivity index (χ2n) is 4.02. The van der Waals surface area contributed by atoms with Crippen LogP contribution in [0.1, 0.15) is 27.7 Å². The third kappa shape index (κ3) is 5.29. The van der Waals surface area contributed by atoms with Crippen molar-refractivity contribution in [3.05, 3.63) is 0 Å². The molecule has 4 nitrogen and oxygen atoms in total. The minimum absolute atomic E-state index is 0.212. The predicted octanol–water partition coefficient (Wildman–Crippen LogP) is 2.02. The molecule has 0 spiro atoms. The molecule has 100 valence electrons. The second-order valence-corrected chi connectivity index (χ2v) is 5.93. The Morgan fingerprint density at radius 2 is 1.76 bits per heavy atom. The fraction of sp³-hybridized carbons (Fsp3) is 0.778. The maximum absolute atomic E-state index is 12.5. The molecule has 0 N–H and O–H groups in total. The highest BCUT2D eigenvalue weighted by Gasteiger charge is 2.43. The number of ether oxygens (including phenoxy) is 1. The molecule has 0 fully saturated rings. The highest BCUT2D eigenvalue weighted by Crippen LogP contribution is 2.21. The summed E-state index contributed by atoms with van der Waals surface area (Å²) in [6.45, 7) is 5.51. The van der Waals surface area contributed by atoms with Crippen LogP contribution in [0.5, 0.6) is 0 Å². The van der Waals surface area contributed by atoms with Crippen molar-refractivity contribution < 1.29 is 26.9 Å². The largest absolute Gasteiger partial charge is 0.461 e. The Balaban J connectivity index is 5.29. The summed E-state index contributed by atoms with van der Waals surface area (Å²) < 4.78 is 55.0. The van der Waals surface area contributed by atoms with E-state index in [1.807, 2.05) is 0 Å². The Morgan fingerprint density at radius 3 is 2.06 bits per heavy atom. The molecule has 1 atom stereocenters. The van der Waals surface area contributed by atoms with Gasteiger partial charge < -0.3 is 4.74 Å². The predicted molar refractivity (Wildman–Crippen MR) is 58.0 cm³/mol. The van der Waals surface area contributed by atoms with Crippen molar-refractivity contribution in [2.45, 2.75) is 38.6 Å². The molecule has 0 aromatic carbocycles. The molecule has 0 saturated heterocycles. The second kappa shape index (κ2) is 5.61. The zero-order valence-electron chi connectivity index (χ0n) is 9.92. The van der Waals surface area contributed by atoms with Crippen LogP contribution in [0.15, 0.2) is 4.40 Å². The SMILES string of the molecule is CCOC(=O)/C(=N\[S@@](=O)C(C)(C)C)C(F)(F)F. The lowest BCUT2D eigenvalue weighted by molar-refractivity contribution is -0.139. The number of hydrogen-bond donors (Lipinski definition) is 0. The highest BCUT2D eigenvalue weighted by molar-refractivity contribution is 7.85. The lowest BCUT2D eigenvalue weighted by Gasteiger charge is -2.15. The van der Waals surface area contributed by atoms with E-state index in [4.69, 9.17) is 0 Å². The molecule has 0 rings (SSSR count). The summed E-state index contributed by atoms with van der Waals surface area (Å²) in [6.07, 6.45) is -4.98. The van der Waals surface area contributed by atoms with Crippen LogP contribution in [0.2, 0.25) is 0 Å². The number of carbonyl (C=O) groups is 1. The van der Waals surface area contributed by atoms with Gasteiger partial charge in [0.2, 0.25) is 5.71 Å². The Hall–Kier alpha value is -0.920. The Kier molecular flexibility index (Phi) is 5.31. The Bertz CT molecular complexity index is 344. The third-order valence-electron chi connectivity index (χ3n) is 1.44. The highest BCUT2D eigenvalue weighted by atomic mass is 32.2. The number of esters is 1. The number of halogens is 3. The topological polar surface area (TPSA) is 55.7 Å². The first-order chi connectivity index (χ1) is 7.50. The van der Waals surface area contributed by atoms with Crippen LogP contribution in [0.4, 0.5) is 13.2 Å². The smallest absolute Gasteiger partial charge is 0.441 e. The van der Waals surface area contributed by atoms with Crippen molar-refractivity contribution in [3.63, 3.8) is 0 Å². The van der Waals surface area contributed by atoms with Gasteiger partial charge >= 0.3 is 12.1 Å². The van der Waals surface area contributed by atoms with E-state index >= 15 is 0 Å². The summed E-state index contributed by atoms with van der Waals surface area (Å²) in [6, 6.07) is 0. The van der Waals surface area contributed by atoms with Crippen LogP contribution in [-0.4, -0.2) is 33.4 Å². The van der Waals surface area contributed by atoms with Crippen LogP contribution in [0, 0.1) is 0 Å². The average Bonchev–Trinajstić information content (AvgIpc) is 2.10. The van der Waals surface area contributed by atoms with Crippen molar-refractivity contribution in [2.24, 2.45) is 4.40 Å². The molecule has 0 saturated carbocycles. The van der Waals surface area contributed by atoms with E-state index < -0.39 is 33.6 Å². The van der Waals surface area contributed by atoms with Crippen molar-refractivity contribution in [2.75, 3.05) is 6.61 Å². The molecule has 8 heteroatoms. The molecule has 0 radical (unpaired) electrons. The maximum Gasteiger partial charge on any atom is 0.441 e. The summed E-state index contributed by atoms with van der Waals surface area (Å²) in [5.74, 6) is -1.61. The van der Waals surface area contributed by atoms with Gasteiger partial charge in [-0.15, -0.1) is 0 Å². The normalized spacial score (nSPS) is 15.6. The van der Waals surface area contributed by atoms with Gasteiger partial charge in [-0.25, -0.2) is 9.00 Å².